The third-order valence-electron chi connectivity index (χ3n) is 9.96. The standard InChI is InChI=1S/C37H47N3O4/c1-4-8-34-31(37(41)42)14-18-40(34)35-12-7-11-33(38-35)30-10-6-9-25(3)36(30)44-24-26-21-27(5-2)32-23-39(17-13-28(32)22-26)29-15-19-43-20-16-29/h6-7,9-12,21-22,29,31,34H,4-5,8,13-20,23-24H2,1-3H3,(H,41,42)/t31-,34-/m1/s1. The summed E-state index contributed by atoms with van der Waals surface area (Å²) in [5, 5.41) is 9.82. The number of hydrogen-bond donors (Lipinski definition) is 1. The molecule has 0 amide bonds. The van der Waals surface area contributed by atoms with Crippen LogP contribution in [-0.4, -0.2) is 59.3 Å². The number of aromatic nitrogens is 1. The number of anilines is 1. The van der Waals surface area contributed by atoms with Gasteiger partial charge in [0.15, 0.2) is 0 Å². The van der Waals surface area contributed by atoms with E-state index in [-0.39, 0.29) is 12.0 Å². The fourth-order valence-electron chi connectivity index (χ4n) is 7.62. The molecule has 7 nitrogen and oxygen atoms in total. The molecule has 0 bridgehead atoms. The van der Waals surface area contributed by atoms with Crippen molar-refractivity contribution in [2.75, 3.05) is 31.2 Å². The lowest BCUT2D eigenvalue weighted by molar-refractivity contribution is -0.141. The SMILES string of the molecule is CCC[C@@H]1[C@H](C(=O)O)CCN1c1cccc(-c2cccc(C)c2OCc2cc(CC)c3c(c2)CCN(C2CCOCC2)C3)n1. The largest absolute Gasteiger partial charge is 0.488 e. The molecule has 7 heteroatoms. The van der Waals surface area contributed by atoms with Crippen molar-refractivity contribution in [2.24, 2.45) is 5.92 Å². The summed E-state index contributed by atoms with van der Waals surface area (Å²) in [5.41, 5.74) is 8.53. The summed E-state index contributed by atoms with van der Waals surface area (Å²) >= 11 is 0. The molecule has 0 radical (unpaired) electrons. The number of carboxylic acid groups (broad SMARTS) is 1. The van der Waals surface area contributed by atoms with Crippen LogP contribution in [0.2, 0.25) is 0 Å². The van der Waals surface area contributed by atoms with E-state index in [1.807, 2.05) is 18.2 Å². The zero-order chi connectivity index (χ0) is 30.6. The zero-order valence-corrected chi connectivity index (χ0v) is 26.6. The number of pyridine rings is 1. The number of hydrogen-bond acceptors (Lipinski definition) is 6. The quantitative estimate of drug-likeness (QED) is 0.275. The van der Waals surface area contributed by atoms with E-state index in [2.05, 4.69) is 60.9 Å². The van der Waals surface area contributed by atoms with Crippen LogP contribution < -0.4 is 9.64 Å². The Hall–Kier alpha value is -3.42. The number of benzene rings is 2. The number of aliphatic carboxylic acids is 1. The minimum Gasteiger partial charge on any atom is -0.488 e. The summed E-state index contributed by atoms with van der Waals surface area (Å²) in [6.07, 6.45) is 6.81. The highest BCUT2D eigenvalue weighted by atomic mass is 16.5. The van der Waals surface area contributed by atoms with Crippen LogP contribution in [0.25, 0.3) is 11.3 Å². The number of nitrogens with zero attached hydrogens (tertiary/aromatic N) is 3. The van der Waals surface area contributed by atoms with Crippen molar-refractivity contribution in [1.29, 1.82) is 0 Å². The first-order valence-corrected chi connectivity index (χ1v) is 16.6. The van der Waals surface area contributed by atoms with Crippen molar-refractivity contribution < 1.29 is 19.4 Å². The normalized spacial score (nSPS) is 20.9. The molecule has 0 unspecified atom stereocenters. The maximum absolute atomic E-state index is 12.0. The molecule has 6 rings (SSSR count). The van der Waals surface area contributed by atoms with Crippen molar-refractivity contribution in [3.05, 3.63) is 76.3 Å². The molecule has 1 N–H and O–H groups in total. The van der Waals surface area contributed by atoms with E-state index in [4.69, 9.17) is 14.5 Å². The molecule has 1 aromatic heterocycles. The first-order chi connectivity index (χ1) is 21.5. The van der Waals surface area contributed by atoms with Crippen LogP contribution in [0.3, 0.4) is 0 Å². The Kier molecular flexibility index (Phi) is 9.53. The maximum atomic E-state index is 12.0. The summed E-state index contributed by atoms with van der Waals surface area (Å²) in [6, 6.07) is 17.6. The fraction of sp³-hybridized carbons (Fsp3) is 0.514. The van der Waals surface area contributed by atoms with Gasteiger partial charge in [0.2, 0.25) is 0 Å². The molecule has 2 aromatic carbocycles. The molecule has 44 heavy (non-hydrogen) atoms. The molecule has 0 spiro atoms. The first-order valence-electron chi connectivity index (χ1n) is 16.6. The molecule has 2 saturated heterocycles. The van der Waals surface area contributed by atoms with Gasteiger partial charge < -0.3 is 19.5 Å². The Morgan fingerprint density at radius 2 is 1.89 bits per heavy atom. The fourth-order valence-corrected chi connectivity index (χ4v) is 7.62. The molecule has 0 aliphatic carbocycles. The Labute approximate surface area is 262 Å². The van der Waals surface area contributed by atoms with Gasteiger partial charge in [-0.25, -0.2) is 4.98 Å². The number of ether oxygens (including phenoxy) is 2. The van der Waals surface area contributed by atoms with E-state index in [1.165, 1.54) is 22.3 Å². The molecule has 3 aliphatic heterocycles. The van der Waals surface area contributed by atoms with Gasteiger partial charge in [-0.1, -0.05) is 50.6 Å². The smallest absolute Gasteiger partial charge is 0.308 e. The Morgan fingerprint density at radius 1 is 1.07 bits per heavy atom. The van der Waals surface area contributed by atoms with Crippen LogP contribution in [-0.2, 0) is 35.5 Å². The Morgan fingerprint density at radius 3 is 2.66 bits per heavy atom. The minimum absolute atomic E-state index is 0.0333. The number of aryl methyl sites for hydroxylation is 2. The highest BCUT2D eigenvalue weighted by molar-refractivity contribution is 5.74. The molecular formula is C37H47N3O4. The molecular weight excluding hydrogens is 550 g/mol. The second-order valence-corrected chi connectivity index (χ2v) is 12.7. The van der Waals surface area contributed by atoms with Crippen LogP contribution in [0.15, 0.2) is 48.5 Å². The van der Waals surface area contributed by atoms with Crippen LogP contribution in [0.5, 0.6) is 5.75 Å². The van der Waals surface area contributed by atoms with Crippen molar-refractivity contribution in [3.63, 3.8) is 0 Å². The molecule has 3 aliphatic rings. The maximum Gasteiger partial charge on any atom is 0.308 e. The lowest BCUT2D eigenvalue weighted by atomic mass is 9.90. The van der Waals surface area contributed by atoms with Crippen LogP contribution in [0, 0.1) is 12.8 Å². The lowest BCUT2D eigenvalue weighted by Crippen LogP contribution is -2.42. The summed E-state index contributed by atoms with van der Waals surface area (Å²) in [7, 11) is 0. The molecule has 2 fully saturated rings. The molecule has 3 aromatic rings. The van der Waals surface area contributed by atoms with Gasteiger partial charge in [-0.2, -0.15) is 0 Å². The molecule has 0 saturated carbocycles. The van der Waals surface area contributed by atoms with E-state index in [1.54, 1.807) is 0 Å². The zero-order valence-electron chi connectivity index (χ0n) is 26.6. The summed E-state index contributed by atoms with van der Waals surface area (Å²) in [6.45, 7) is 11.6. The average Bonchev–Trinajstić information content (AvgIpc) is 3.48. The average molecular weight is 598 g/mol. The Balaban J connectivity index is 1.22. The molecule has 234 valence electrons. The molecule has 4 heterocycles. The van der Waals surface area contributed by atoms with Crippen LogP contribution in [0.4, 0.5) is 5.82 Å². The summed E-state index contributed by atoms with van der Waals surface area (Å²) < 4.78 is 12.2. The van der Waals surface area contributed by atoms with Gasteiger partial charge in [-0.3, -0.25) is 9.69 Å². The van der Waals surface area contributed by atoms with Gasteiger partial charge in [-0.05, 0) is 91.5 Å². The van der Waals surface area contributed by atoms with Gasteiger partial charge in [0.1, 0.15) is 18.2 Å². The second-order valence-electron chi connectivity index (χ2n) is 12.7. The summed E-state index contributed by atoms with van der Waals surface area (Å²) in [5.74, 6) is 0.636. The third-order valence-corrected chi connectivity index (χ3v) is 9.96. The van der Waals surface area contributed by atoms with Crippen molar-refractivity contribution in [3.8, 4) is 17.0 Å². The predicted molar refractivity (Wildman–Crippen MR) is 174 cm³/mol. The second kappa shape index (κ2) is 13.7. The van der Waals surface area contributed by atoms with Gasteiger partial charge in [0.05, 0.1) is 11.6 Å². The van der Waals surface area contributed by atoms with Crippen molar-refractivity contribution in [1.82, 2.24) is 9.88 Å². The number of carbonyl (C=O) groups is 1. The number of carboxylic acids is 1. The number of para-hydroxylation sites is 1. The predicted octanol–water partition coefficient (Wildman–Crippen LogP) is 6.82. The minimum atomic E-state index is -0.707. The molecule has 2 atom stereocenters. The summed E-state index contributed by atoms with van der Waals surface area (Å²) in [4.78, 5) is 21.9. The van der Waals surface area contributed by atoms with Gasteiger partial charge in [0.25, 0.3) is 0 Å². The number of fused-ring (bicyclic) bond motifs is 1. The van der Waals surface area contributed by atoms with Gasteiger partial charge in [0, 0.05) is 50.5 Å². The monoisotopic (exact) mass is 597 g/mol. The van der Waals surface area contributed by atoms with Crippen LogP contribution in [0.1, 0.15) is 73.8 Å². The van der Waals surface area contributed by atoms with E-state index in [0.29, 0.717) is 25.6 Å². The van der Waals surface area contributed by atoms with E-state index in [0.717, 1.165) is 93.2 Å². The topological polar surface area (TPSA) is 75.1 Å². The van der Waals surface area contributed by atoms with Gasteiger partial charge >= 0.3 is 5.97 Å². The van der Waals surface area contributed by atoms with Gasteiger partial charge in [-0.15, -0.1) is 0 Å². The third kappa shape index (κ3) is 6.36. The number of rotatable bonds is 10. The van der Waals surface area contributed by atoms with Crippen LogP contribution >= 0.6 is 0 Å². The van der Waals surface area contributed by atoms with Crippen molar-refractivity contribution in [2.45, 2.75) is 91.0 Å². The lowest BCUT2D eigenvalue weighted by Gasteiger charge is -2.38. The van der Waals surface area contributed by atoms with E-state index >= 15 is 0 Å². The Bertz CT molecular complexity index is 1450. The van der Waals surface area contributed by atoms with E-state index in [9.17, 15) is 9.90 Å². The highest BCUT2D eigenvalue weighted by Gasteiger charge is 2.38. The first kappa shape index (κ1) is 30.6. The van der Waals surface area contributed by atoms with Crippen molar-refractivity contribution >= 4 is 11.8 Å². The highest BCUT2D eigenvalue weighted by Crippen LogP contribution is 2.37. The van der Waals surface area contributed by atoms with E-state index < -0.39 is 5.97 Å².